The number of amides is 2. The van der Waals surface area contributed by atoms with Crippen LogP contribution in [0, 0.1) is 13.8 Å². The molecule has 1 aliphatic heterocycles. The average molecular weight is 346 g/mol. The highest BCUT2D eigenvalue weighted by Gasteiger charge is 2.17. The molecule has 1 aliphatic rings. The summed E-state index contributed by atoms with van der Waals surface area (Å²) >= 11 is 0. The van der Waals surface area contributed by atoms with E-state index >= 15 is 0 Å². The van der Waals surface area contributed by atoms with Gasteiger partial charge in [-0.25, -0.2) is 9.97 Å². The summed E-state index contributed by atoms with van der Waals surface area (Å²) in [5.41, 5.74) is 5.87. The third kappa shape index (κ3) is 2.90. The quantitative estimate of drug-likeness (QED) is 0.747. The first-order chi connectivity index (χ1) is 12.5. The summed E-state index contributed by atoms with van der Waals surface area (Å²) in [6.45, 7) is 4.45. The zero-order valence-corrected chi connectivity index (χ0v) is 14.6. The second-order valence-corrected chi connectivity index (χ2v) is 6.43. The number of anilines is 1. The highest BCUT2D eigenvalue weighted by Crippen LogP contribution is 2.20. The van der Waals surface area contributed by atoms with E-state index in [0.29, 0.717) is 28.9 Å². The molecule has 0 atom stereocenters. The molecule has 2 N–H and O–H groups in total. The second kappa shape index (κ2) is 6.22. The maximum absolute atomic E-state index is 12.6. The summed E-state index contributed by atoms with van der Waals surface area (Å²) < 4.78 is 0. The van der Waals surface area contributed by atoms with Gasteiger partial charge in [-0.05, 0) is 56.2 Å². The molecule has 1 aromatic heterocycles. The van der Waals surface area contributed by atoms with Crippen molar-refractivity contribution in [2.45, 2.75) is 20.3 Å². The lowest BCUT2D eigenvalue weighted by Crippen LogP contribution is -2.31. The Bertz CT molecular complexity index is 1060. The van der Waals surface area contributed by atoms with Gasteiger partial charge in [0, 0.05) is 23.4 Å². The van der Waals surface area contributed by atoms with Crippen molar-refractivity contribution in [1.82, 2.24) is 15.3 Å². The fourth-order valence-corrected chi connectivity index (χ4v) is 3.06. The van der Waals surface area contributed by atoms with Crippen molar-refractivity contribution in [2.75, 3.05) is 11.9 Å². The molecule has 0 saturated carbocycles. The van der Waals surface area contributed by atoms with Crippen LogP contribution in [0.1, 0.15) is 37.7 Å². The first kappa shape index (κ1) is 16.2. The molecular formula is C20H18N4O2. The molecule has 6 heteroatoms. The van der Waals surface area contributed by atoms with E-state index in [-0.39, 0.29) is 11.8 Å². The van der Waals surface area contributed by atoms with Crippen LogP contribution >= 0.6 is 0 Å². The minimum atomic E-state index is -0.247. The number of hydrogen-bond donors (Lipinski definition) is 2. The Balaban J connectivity index is 1.62. The van der Waals surface area contributed by atoms with Gasteiger partial charge in [0.1, 0.15) is 0 Å². The fourth-order valence-electron chi connectivity index (χ4n) is 3.06. The van der Waals surface area contributed by atoms with Gasteiger partial charge in [0.15, 0.2) is 0 Å². The standard InChI is InChI=1S/C20H18N4O2/c1-11-12(2)23-18-9-14(4-6-17(18)22-11)19(25)24-15-5-3-13-7-8-21-20(26)16(13)10-15/h3-6,9-10H,7-8H2,1-2H3,(H,21,26)(H,24,25). The molecular weight excluding hydrogens is 328 g/mol. The minimum absolute atomic E-state index is 0.103. The number of rotatable bonds is 2. The van der Waals surface area contributed by atoms with Crippen LogP contribution in [0.15, 0.2) is 36.4 Å². The number of aromatic nitrogens is 2. The third-order valence-electron chi connectivity index (χ3n) is 4.63. The van der Waals surface area contributed by atoms with Crippen molar-refractivity contribution >= 4 is 28.5 Å². The van der Waals surface area contributed by atoms with Crippen LogP contribution in [0.3, 0.4) is 0 Å². The molecule has 0 spiro atoms. The lowest BCUT2D eigenvalue weighted by molar-refractivity contribution is 0.0944. The highest BCUT2D eigenvalue weighted by molar-refractivity contribution is 6.06. The summed E-state index contributed by atoms with van der Waals surface area (Å²) in [6, 6.07) is 10.7. The van der Waals surface area contributed by atoms with Crippen LogP contribution in [-0.2, 0) is 6.42 Å². The van der Waals surface area contributed by atoms with Crippen molar-refractivity contribution in [3.63, 3.8) is 0 Å². The van der Waals surface area contributed by atoms with E-state index in [1.165, 1.54) is 0 Å². The van der Waals surface area contributed by atoms with Gasteiger partial charge in [-0.1, -0.05) is 6.07 Å². The summed E-state index contributed by atoms with van der Waals surface area (Å²) in [6.07, 6.45) is 0.803. The van der Waals surface area contributed by atoms with E-state index in [4.69, 9.17) is 0 Å². The van der Waals surface area contributed by atoms with Crippen LogP contribution in [0.5, 0.6) is 0 Å². The summed E-state index contributed by atoms with van der Waals surface area (Å²) in [4.78, 5) is 33.5. The molecule has 0 saturated heterocycles. The van der Waals surface area contributed by atoms with Gasteiger partial charge in [-0.3, -0.25) is 9.59 Å². The molecule has 4 rings (SSSR count). The monoisotopic (exact) mass is 346 g/mol. The Labute approximate surface area is 150 Å². The van der Waals surface area contributed by atoms with Gasteiger partial charge in [-0.2, -0.15) is 0 Å². The van der Waals surface area contributed by atoms with Gasteiger partial charge in [0.05, 0.1) is 22.4 Å². The number of benzene rings is 2. The highest BCUT2D eigenvalue weighted by atomic mass is 16.2. The number of aryl methyl sites for hydroxylation is 2. The van der Waals surface area contributed by atoms with Crippen molar-refractivity contribution in [1.29, 1.82) is 0 Å². The normalized spacial score (nSPS) is 13.2. The average Bonchev–Trinajstić information content (AvgIpc) is 2.63. The molecule has 2 amide bonds. The number of carbonyl (C=O) groups excluding carboxylic acids is 2. The van der Waals surface area contributed by atoms with Crippen LogP contribution < -0.4 is 10.6 Å². The molecule has 0 aliphatic carbocycles. The van der Waals surface area contributed by atoms with Crippen LogP contribution in [0.2, 0.25) is 0 Å². The van der Waals surface area contributed by atoms with Gasteiger partial charge >= 0.3 is 0 Å². The number of carbonyl (C=O) groups is 2. The predicted octanol–water partition coefficient (Wildman–Crippen LogP) is 2.78. The summed E-state index contributed by atoms with van der Waals surface area (Å²) in [5.74, 6) is -0.350. The zero-order chi connectivity index (χ0) is 18.3. The number of nitrogens with zero attached hydrogens (tertiary/aromatic N) is 2. The molecule has 3 aromatic rings. The lowest BCUT2D eigenvalue weighted by atomic mass is 10.00. The van der Waals surface area contributed by atoms with Crippen molar-refractivity contribution in [3.05, 3.63) is 64.5 Å². The molecule has 2 aromatic carbocycles. The Morgan fingerprint density at radius 3 is 2.62 bits per heavy atom. The van der Waals surface area contributed by atoms with E-state index in [2.05, 4.69) is 20.6 Å². The fraction of sp³-hybridized carbons (Fsp3) is 0.200. The predicted molar refractivity (Wildman–Crippen MR) is 99.4 cm³/mol. The largest absolute Gasteiger partial charge is 0.352 e. The van der Waals surface area contributed by atoms with Gasteiger partial charge < -0.3 is 10.6 Å². The zero-order valence-electron chi connectivity index (χ0n) is 14.6. The first-order valence-electron chi connectivity index (χ1n) is 8.49. The Kier molecular flexibility index (Phi) is 3.88. The molecule has 6 nitrogen and oxygen atoms in total. The lowest BCUT2D eigenvalue weighted by Gasteiger charge is -2.17. The molecule has 0 fully saturated rings. The second-order valence-electron chi connectivity index (χ2n) is 6.43. The molecule has 130 valence electrons. The Hall–Kier alpha value is -3.28. The van der Waals surface area contributed by atoms with E-state index in [1.807, 2.05) is 26.0 Å². The topological polar surface area (TPSA) is 84.0 Å². The van der Waals surface area contributed by atoms with Gasteiger partial charge in [0.25, 0.3) is 11.8 Å². The van der Waals surface area contributed by atoms with E-state index in [1.54, 1.807) is 24.3 Å². The van der Waals surface area contributed by atoms with Crippen molar-refractivity contribution in [2.24, 2.45) is 0 Å². The van der Waals surface area contributed by atoms with Crippen molar-refractivity contribution in [3.8, 4) is 0 Å². The SMILES string of the molecule is Cc1nc2ccc(C(=O)Nc3ccc4c(c3)C(=O)NCC4)cc2nc1C. The van der Waals surface area contributed by atoms with Crippen LogP contribution in [-0.4, -0.2) is 28.3 Å². The summed E-state index contributed by atoms with van der Waals surface area (Å²) in [5, 5.41) is 5.67. The molecule has 2 heterocycles. The molecule has 0 bridgehead atoms. The number of fused-ring (bicyclic) bond motifs is 2. The van der Waals surface area contributed by atoms with Crippen LogP contribution in [0.25, 0.3) is 11.0 Å². The first-order valence-corrected chi connectivity index (χ1v) is 8.49. The minimum Gasteiger partial charge on any atom is -0.352 e. The van der Waals surface area contributed by atoms with E-state index in [0.717, 1.165) is 28.9 Å². The van der Waals surface area contributed by atoms with Crippen LogP contribution in [0.4, 0.5) is 5.69 Å². The maximum Gasteiger partial charge on any atom is 0.255 e. The number of hydrogen-bond acceptors (Lipinski definition) is 4. The Morgan fingerprint density at radius 2 is 1.81 bits per heavy atom. The smallest absolute Gasteiger partial charge is 0.255 e. The van der Waals surface area contributed by atoms with Gasteiger partial charge in [-0.15, -0.1) is 0 Å². The summed E-state index contributed by atoms with van der Waals surface area (Å²) in [7, 11) is 0. The van der Waals surface area contributed by atoms with E-state index < -0.39 is 0 Å². The van der Waals surface area contributed by atoms with E-state index in [9.17, 15) is 9.59 Å². The molecule has 0 radical (unpaired) electrons. The third-order valence-corrected chi connectivity index (χ3v) is 4.63. The Morgan fingerprint density at radius 1 is 1.04 bits per heavy atom. The van der Waals surface area contributed by atoms with Gasteiger partial charge in [0.2, 0.25) is 0 Å². The maximum atomic E-state index is 12.6. The van der Waals surface area contributed by atoms with Crippen molar-refractivity contribution < 1.29 is 9.59 Å². The molecule has 0 unspecified atom stereocenters. The molecule has 26 heavy (non-hydrogen) atoms. The number of nitrogens with one attached hydrogen (secondary N) is 2.